The lowest BCUT2D eigenvalue weighted by Crippen LogP contribution is -2.15. The number of methoxy groups -OCH3 is 1. The topological polar surface area (TPSA) is 21.3 Å². The van der Waals surface area contributed by atoms with Crippen LogP contribution < -0.4 is 5.32 Å². The van der Waals surface area contributed by atoms with Gasteiger partial charge < -0.3 is 10.1 Å². The molecule has 2 nitrogen and oxygen atoms in total. The van der Waals surface area contributed by atoms with Crippen molar-refractivity contribution in [1.82, 2.24) is 5.32 Å². The smallest absolute Gasteiger partial charge is 0.0474 e. The number of hydrogen-bond acceptors (Lipinski definition) is 2. The maximum absolute atomic E-state index is 4.86. The summed E-state index contributed by atoms with van der Waals surface area (Å²) in [5.41, 5.74) is 0. The molecule has 0 atom stereocenters. The molecule has 0 heterocycles. The lowest BCUT2D eigenvalue weighted by Gasteiger charge is -1.98. The van der Waals surface area contributed by atoms with Crippen LogP contribution in [-0.2, 0) is 4.74 Å². The molecule has 0 unspecified atom stereocenters. The molecular weight excluding hydrogens is 114 g/mol. The molecular formula is C7H15NO. The Hall–Kier alpha value is -0.340. The highest BCUT2D eigenvalue weighted by atomic mass is 16.5. The minimum atomic E-state index is 0.837. The zero-order valence-corrected chi connectivity index (χ0v) is 6.02. The summed E-state index contributed by atoms with van der Waals surface area (Å²) in [6, 6.07) is 0. The van der Waals surface area contributed by atoms with E-state index in [9.17, 15) is 0 Å². The predicted molar refractivity (Wildman–Crippen MR) is 39.6 cm³/mol. The Balaban J connectivity index is 2.66. The first-order chi connectivity index (χ1) is 4.41. The van der Waals surface area contributed by atoms with E-state index < -0.39 is 0 Å². The van der Waals surface area contributed by atoms with Gasteiger partial charge in [0.1, 0.15) is 0 Å². The highest BCUT2D eigenvalue weighted by molar-refractivity contribution is 4.68. The zero-order chi connectivity index (χ0) is 6.95. The SMILES string of the molecule is C=CCNCCCOC. The van der Waals surface area contributed by atoms with Gasteiger partial charge in [0.15, 0.2) is 0 Å². The van der Waals surface area contributed by atoms with Gasteiger partial charge in [-0.15, -0.1) is 6.58 Å². The van der Waals surface area contributed by atoms with Gasteiger partial charge in [0.05, 0.1) is 0 Å². The Morgan fingerprint density at radius 3 is 3.00 bits per heavy atom. The van der Waals surface area contributed by atoms with Crippen molar-refractivity contribution in [3.8, 4) is 0 Å². The van der Waals surface area contributed by atoms with Crippen LogP contribution in [0.15, 0.2) is 12.7 Å². The molecule has 9 heavy (non-hydrogen) atoms. The van der Waals surface area contributed by atoms with Crippen molar-refractivity contribution >= 4 is 0 Å². The average molecular weight is 129 g/mol. The first kappa shape index (κ1) is 8.66. The van der Waals surface area contributed by atoms with E-state index in [1.165, 1.54) is 0 Å². The van der Waals surface area contributed by atoms with Crippen LogP contribution in [-0.4, -0.2) is 26.8 Å². The Bertz CT molecular complexity index is 63.9. The highest BCUT2D eigenvalue weighted by Gasteiger charge is 1.82. The van der Waals surface area contributed by atoms with Crippen molar-refractivity contribution in [3.63, 3.8) is 0 Å². The van der Waals surface area contributed by atoms with E-state index in [0.717, 1.165) is 26.1 Å². The lowest BCUT2D eigenvalue weighted by atomic mass is 10.4. The second kappa shape index (κ2) is 7.66. The van der Waals surface area contributed by atoms with E-state index in [2.05, 4.69) is 11.9 Å². The Morgan fingerprint density at radius 1 is 1.67 bits per heavy atom. The molecule has 0 saturated carbocycles. The first-order valence-electron chi connectivity index (χ1n) is 3.22. The van der Waals surface area contributed by atoms with Gasteiger partial charge in [-0.2, -0.15) is 0 Å². The van der Waals surface area contributed by atoms with Crippen LogP contribution in [0.4, 0.5) is 0 Å². The summed E-state index contributed by atoms with van der Waals surface area (Å²) >= 11 is 0. The summed E-state index contributed by atoms with van der Waals surface area (Å²) in [5.74, 6) is 0. The largest absolute Gasteiger partial charge is 0.385 e. The van der Waals surface area contributed by atoms with Gasteiger partial charge in [0.25, 0.3) is 0 Å². The molecule has 2 heteroatoms. The van der Waals surface area contributed by atoms with Crippen LogP contribution in [0.2, 0.25) is 0 Å². The fourth-order valence-corrected chi connectivity index (χ4v) is 0.546. The minimum absolute atomic E-state index is 0.837. The monoisotopic (exact) mass is 129 g/mol. The molecule has 0 radical (unpaired) electrons. The molecule has 0 aliphatic heterocycles. The van der Waals surface area contributed by atoms with Crippen molar-refractivity contribution in [1.29, 1.82) is 0 Å². The van der Waals surface area contributed by atoms with E-state index in [4.69, 9.17) is 4.74 Å². The number of rotatable bonds is 6. The van der Waals surface area contributed by atoms with Crippen LogP contribution in [0, 0.1) is 0 Å². The Labute approximate surface area is 56.9 Å². The maximum atomic E-state index is 4.86. The van der Waals surface area contributed by atoms with Crippen LogP contribution >= 0.6 is 0 Å². The Morgan fingerprint density at radius 2 is 2.44 bits per heavy atom. The molecule has 0 aliphatic carbocycles. The van der Waals surface area contributed by atoms with Gasteiger partial charge >= 0.3 is 0 Å². The van der Waals surface area contributed by atoms with Gasteiger partial charge in [-0.1, -0.05) is 6.08 Å². The Kier molecular flexibility index (Phi) is 7.37. The third kappa shape index (κ3) is 7.66. The molecule has 0 aliphatic rings. The molecule has 0 fully saturated rings. The van der Waals surface area contributed by atoms with Crippen LogP contribution in [0.25, 0.3) is 0 Å². The zero-order valence-electron chi connectivity index (χ0n) is 6.02. The van der Waals surface area contributed by atoms with Gasteiger partial charge in [-0.05, 0) is 13.0 Å². The van der Waals surface area contributed by atoms with Crippen LogP contribution in [0.3, 0.4) is 0 Å². The number of nitrogens with one attached hydrogen (secondary N) is 1. The fraction of sp³-hybridized carbons (Fsp3) is 0.714. The molecule has 0 amide bonds. The normalized spacial score (nSPS) is 9.44. The summed E-state index contributed by atoms with van der Waals surface area (Å²) in [6.07, 6.45) is 2.93. The van der Waals surface area contributed by atoms with Crippen molar-refractivity contribution < 1.29 is 4.74 Å². The first-order valence-corrected chi connectivity index (χ1v) is 3.22. The molecule has 0 bridgehead atoms. The van der Waals surface area contributed by atoms with Crippen LogP contribution in [0.5, 0.6) is 0 Å². The third-order valence-electron chi connectivity index (χ3n) is 0.991. The quantitative estimate of drug-likeness (QED) is 0.423. The molecule has 0 rings (SSSR count). The molecule has 54 valence electrons. The summed E-state index contributed by atoms with van der Waals surface area (Å²) in [7, 11) is 1.72. The van der Waals surface area contributed by atoms with E-state index in [1.54, 1.807) is 7.11 Å². The molecule has 0 aromatic carbocycles. The summed E-state index contributed by atoms with van der Waals surface area (Å²) in [6.45, 7) is 6.33. The number of hydrogen-bond donors (Lipinski definition) is 1. The van der Waals surface area contributed by atoms with Crippen molar-refractivity contribution in [2.75, 3.05) is 26.8 Å². The molecule has 0 aromatic rings. The summed E-state index contributed by atoms with van der Waals surface area (Å²) < 4.78 is 4.86. The lowest BCUT2D eigenvalue weighted by molar-refractivity contribution is 0.194. The summed E-state index contributed by atoms with van der Waals surface area (Å²) in [5, 5.41) is 3.17. The van der Waals surface area contributed by atoms with Crippen molar-refractivity contribution in [3.05, 3.63) is 12.7 Å². The maximum Gasteiger partial charge on any atom is 0.0474 e. The van der Waals surface area contributed by atoms with E-state index in [-0.39, 0.29) is 0 Å². The minimum Gasteiger partial charge on any atom is -0.385 e. The highest BCUT2D eigenvalue weighted by Crippen LogP contribution is 1.75. The molecule has 0 aromatic heterocycles. The number of ether oxygens (including phenoxy) is 1. The van der Waals surface area contributed by atoms with Gasteiger partial charge in [-0.3, -0.25) is 0 Å². The van der Waals surface area contributed by atoms with E-state index in [0.29, 0.717) is 0 Å². The van der Waals surface area contributed by atoms with Crippen molar-refractivity contribution in [2.24, 2.45) is 0 Å². The van der Waals surface area contributed by atoms with E-state index in [1.807, 2.05) is 6.08 Å². The molecule has 1 N–H and O–H groups in total. The standard InChI is InChI=1S/C7H15NO/c1-3-5-8-6-4-7-9-2/h3,8H,1,4-7H2,2H3. The van der Waals surface area contributed by atoms with Crippen molar-refractivity contribution in [2.45, 2.75) is 6.42 Å². The summed E-state index contributed by atoms with van der Waals surface area (Å²) in [4.78, 5) is 0. The van der Waals surface area contributed by atoms with Crippen LogP contribution in [0.1, 0.15) is 6.42 Å². The molecule has 0 saturated heterocycles. The van der Waals surface area contributed by atoms with E-state index >= 15 is 0 Å². The average Bonchev–Trinajstić information content (AvgIpc) is 1.89. The fourth-order valence-electron chi connectivity index (χ4n) is 0.546. The van der Waals surface area contributed by atoms with Gasteiger partial charge in [0, 0.05) is 20.3 Å². The predicted octanol–water partition coefficient (Wildman–Crippen LogP) is 0.798. The van der Waals surface area contributed by atoms with Gasteiger partial charge in [0.2, 0.25) is 0 Å². The second-order valence-corrected chi connectivity index (χ2v) is 1.84. The van der Waals surface area contributed by atoms with Gasteiger partial charge in [-0.25, -0.2) is 0 Å². The molecule has 0 spiro atoms. The second-order valence-electron chi connectivity index (χ2n) is 1.84. The third-order valence-corrected chi connectivity index (χ3v) is 0.991.